The first-order chi connectivity index (χ1) is 9.40. The molecular weight excluding hydrogens is 261 g/mol. The zero-order valence-corrected chi connectivity index (χ0v) is 11.4. The molecule has 1 fully saturated rings. The van der Waals surface area contributed by atoms with Crippen molar-refractivity contribution in [2.45, 2.75) is 39.0 Å². The summed E-state index contributed by atoms with van der Waals surface area (Å²) in [4.78, 5) is 22.7. The zero-order chi connectivity index (χ0) is 14.8. The number of carboxylic acids is 1. The van der Waals surface area contributed by atoms with Crippen LogP contribution in [0.1, 0.15) is 38.2 Å². The van der Waals surface area contributed by atoms with Gasteiger partial charge < -0.3 is 10.4 Å². The second-order valence-corrected chi connectivity index (χ2v) is 5.60. The molecule has 1 aliphatic carbocycles. The van der Waals surface area contributed by atoms with Crippen LogP contribution in [-0.2, 0) is 16.0 Å². The number of anilines is 1. The minimum absolute atomic E-state index is 0.0969. The third-order valence-corrected chi connectivity index (χ3v) is 3.91. The quantitative estimate of drug-likeness (QED) is 0.890. The molecule has 1 aromatic carbocycles. The zero-order valence-electron chi connectivity index (χ0n) is 11.4. The molecule has 0 aliphatic heterocycles. The van der Waals surface area contributed by atoms with E-state index >= 15 is 0 Å². The highest BCUT2D eigenvalue weighted by atomic mass is 19.1. The number of hydrogen-bond donors (Lipinski definition) is 2. The Morgan fingerprint density at radius 2 is 2.00 bits per heavy atom. The minimum atomic E-state index is -1.08. The maximum absolute atomic E-state index is 13.7. The van der Waals surface area contributed by atoms with Gasteiger partial charge in [-0.3, -0.25) is 9.59 Å². The van der Waals surface area contributed by atoms with Gasteiger partial charge in [0.25, 0.3) is 0 Å². The van der Waals surface area contributed by atoms with Crippen LogP contribution in [0.4, 0.5) is 10.1 Å². The van der Waals surface area contributed by atoms with E-state index in [4.69, 9.17) is 5.11 Å². The number of carbonyl (C=O) groups excluding carboxylic acids is 1. The smallest absolute Gasteiger partial charge is 0.307 e. The van der Waals surface area contributed by atoms with Crippen molar-refractivity contribution in [1.82, 2.24) is 0 Å². The summed E-state index contributed by atoms with van der Waals surface area (Å²) in [6.45, 7) is 1.92. The summed E-state index contributed by atoms with van der Waals surface area (Å²) in [5.41, 5.74) is 0.105. The second kappa shape index (κ2) is 5.61. The van der Waals surface area contributed by atoms with E-state index < -0.39 is 11.8 Å². The van der Waals surface area contributed by atoms with Crippen LogP contribution < -0.4 is 5.32 Å². The van der Waals surface area contributed by atoms with Crippen LogP contribution in [0.25, 0.3) is 0 Å². The van der Waals surface area contributed by atoms with Crippen molar-refractivity contribution in [3.05, 3.63) is 29.6 Å². The molecule has 0 radical (unpaired) electrons. The van der Waals surface area contributed by atoms with E-state index in [2.05, 4.69) is 5.32 Å². The molecule has 0 atom stereocenters. The average Bonchev–Trinajstić information content (AvgIpc) is 2.81. The SMILES string of the molecule is CC1(C(=O)Nc2ccc(CC(=O)O)c(F)c2)CCCC1. The Hall–Kier alpha value is -1.91. The molecule has 1 aliphatic rings. The molecule has 1 aromatic rings. The van der Waals surface area contributed by atoms with Crippen molar-refractivity contribution in [2.24, 2.45) is 5.41 Å². The van der Waals surface area contributed by atoms with Gasteiger partial charge in [0.15, 0.2) is 0 Å². The van der Waals surface area contributed by atoms with Crippen molar-refractivity contribution in [1.29, 1.82) is 0 Å². The minimum Gasteiger partial charge on any atom is -0.481 e. The predicted molar refractivity (Wildman–Crippen MR) is 72.9 cm³/mol. The summed E-state index contributed by atoms with van der Waals surface area (Å²) in [7, 11) is 0. The molecule has 2 rings (SSSR count). The Kier molecular flexibility index (Phi) is 4.06. The molecule has 2 N–H and O–H groups in total. The normalized spacial score (nSPS) is 16.9. The lowest BCUT2D eigenvalue weighted by atomic mass is 9.88. The summed E-state index contributed by atoms with van der Waals surface area (Å²) in [5.74, 6) is -1.79. The highest BCUT2D eigenvalue weighted by Crippen LogP contribution is 2.38. The van der Waals surface area contributed by atoms with Crippen molar-refractivity contribution in [2.75, 3.05) is 5.32 Å². The van der Waals surface area contributed by atoms with E-state index in [-0.39, 0.29) is 23.3 Å². The van der Waals surface area contributed by atoms with Crippen molar-refractivity contribution in [3.8, 4) is 0 Å². The number of benzene rings is 1. The lowest BCUT2D eigenvalue weighted by Gasteiger charge is -2.22. The van der Waals surface area contributed by atoms with E-state index in [1.807, 2.05) is 6.92 Å². The summed E-state index contributed by atoms with van der Waals surface area (Å²) in [5, 5.41) is 11.4. The molecule has 0 heterocycles. The summed E-state index contributed by atoms with van der Waals surface area (Å²) in [6, 6.07) is 4.11. The molecule has 0 spiro atoms. The summed E-state index contributed by atoms with van der Waals surface area (Å²) < 4.78 is 13.7. The first-order valence-corrected chi connectivity index (χ1v) is 6.72. The van der Waals surface area contributed by atoms with Crippen LogP contribution in [-0.4, -0.2) is 17.0 Å². The van der Waals surface area contributed by atoms with Gasteiger partial charge in [-0.2, -0.15) is 0 Å². The molecule has 4 nitrogen and oxygen atoms in total. The topological polar surface area (TPSA) is 66.4 Å². The van der Waals surface area contributed by atoms with Gasteiger partial charge in [0.05, 0.1) is 6.42 Å². The Bertz CT molecular complexity index is 536. The van der Waals surface area contributed by atoms with Gasteiger partial charge in [-0.05, 0) is 30.5 Å². The van der Waals surface area contributed by atoms with Crippen LogP contribution in [0.5, 0.6) is 0 Å². The average molecular weight is 279 g/mol. The van der Waals surface area contributed by atoms with Crippen LogP contribution in [0.15, 0.2) is 18.2 Å². The standard InChI is InChI=1S/C15H18FNO3/c1-15(6-2-3-7-15)14(20)17-11-5-4-10(8-13(18)19)12(16)9-11/h4-5,9H,2-3,6-8H2,1H3,(H,17,20)(H,18,19). The Morgan fingerprint density at radius 3 is 2.55 bits per heavy atom. The highest BCUT2D eigenvalue weighted by molar-refractivity contribution is 5.95. The number of halogens is 1. The molecule has 0 bridgehead atoms. The third-order valence-electron chi connectivity index (χ3n) is 3.91. The Balaban J connectivity index is 2.08. The first-order valence-electron chi connectivity index (χ1n) is 6.72. The number of amides is 1. The summed E-state index contributed by atoms with van der Waals surface area (Å²) >= 11 is 0. The van der Waals surface area contributed by atoms with E-state index in [0.29, 0.717) is 5.69 Å². The Labute approximate surface area is 117 Å². The van der Waals surface area contributed by atoms with E-state index in [9.17, 15) is 14.0 Å². The van der Waals surface area contributed by atoms with Crippen LogP contribution in [0.3, 0.4) is 0 Å². The Morgan fingerprint density at radius 1 is 1.35 bits per heavy atom. The largest absolute Gasteiger partial charge is 0.481 e. The van der Waals surface area contributed by atoms with Crippen molar-refractivity contribution < 1.29 is 19.1 Å². The van der Waals surface area contributed by atoms with Crippen LogP contribution in [0.2, 0.25) is 0 Å². The fourth-order valence-corrected chi connectivity index (χ4v) is 2.60. The van der Waals surface area contributed by atoms with Gasteiger partial charge in [-0.1, -0.05) is 25.8 Å². The number of aliphatic carboxylic acids is 1. The van der Waals surface area contributed by atoms with Gasteiger partial charge in [-0.15, -0.1) is 0 Å². The number of rotatable bonds is 4. The maximum Gasteiger partial charge on any atom is 0.307 e. The fourth-order valence-electron chi connectivity index (χ4n) is 2.60. The molecule has 5 heteroatoms. The number of carboxylic acid groups (broad SMARTS) is 1. The maximum atomic E-state index is 13.7. The van der Waals surface area contributed by atoms with Crippen LogP contribution >= 0.6 is 0 Å². The number of nitrogens with one attached hydrogen (secondary N) is 1. The summed E-state index contributed by atoms with van der Waals surface area (Å²) in [6.07, 6.45) is 3.40. The molecule has 1 saturated carbocycles. The van der Waals surface area contributed by atoms with Gasteiger partial charge >= 0.3 is 5.97 Å². The third kappa shape index (κ3) is 3.15. The van der Waals surface area contributed by atoms with Crippen molar-refractivity contribution >= 4 is 17.6 Å². The molecular formula is C15H18FNO3. The van der Waals surface area contributed by atoms with E-state index in [0.717, 1.165) is 25.7 Å². The van der Waals surface area contributed by atoms with Gasteiger partial charge in [0.2, 0.25) is 5.91 Å². The first kappa shape index (κ1) is 14.5. The number of hydrogen-bond acceptors (Lipinski definition) is 2. The van der Waals surface area contributed by atoms with E-state index in [1.165, 1.54) is 18.2 Å². The second-order valence-electron chi connectivity index (χ2n) is 5.60. The fraction of sp³-hybridized carbons (Fsp3) is 0.467. The molecule has 20 heavy (non-hydrogen) atoms. The van der Waals surface area contributed by atoms with Gasteiger partial charge in [0, 0.05) is 11.1 Å². The monoisotopic (exact) mass is 279 g/mol. The van der Waals surface area contributed by atoms with Gasteiger partial charge in [0.1, 0.15) is 5.82 Å². The molecule has 1 amide bonds. The van der Waals surface area contributed by atoms with E-state index in [1.54, 1.807) is 0 Å². The van der Waals surface area contributed by atoms with Crippen LogP contribution in [0, 0.1) is 11.2 Å². The molecule has 0 unspecified atom stereocenters. The molecule has 0 saturated heterocycles. The number of carbonyl (C=O) groups is 2. The van der Waals surface area contributed by atoms with Crippen molar-refractivity contribution in [3.63, 3.8) is 0 Å². The lowest BCUT2D eigenvalue weighted by Crippen LogP contribution is -2.30. The highest BCUT2D eigenvalue weighted by Gasteiger charge is 2.36. The molecule has 108 valence electrons. The molecule has 0 aromatic heterocycles. The van der Waals surface area contributed by atoms with Gasteiger partial charge in [-0.25, -0.2) is 4.39 Å². The predicted octanol–water partition coefficient (Wildman–Crippen LogP) is 2.97. The lowest BCUT2D eigenvalue weighted by molar-refractivity contribution is -0.136.